The summed E-state index contributed by atoms with van der Waals surface area (Å²) in [5.41, 5.74) is -0.914. The van der Waals surface area contributed by atoms with E-state index in [1.165, 1.54) is 24.3 Å². The number of unbranched alkanes of at least 4 members (excludes halogenated alkanes) is 5. The maximum atomic E-state index is 13.2. The van der Waals surface area contributed by atoms with E-state index in [0.717, 1.165) is 31.2 Å². The normalized spacial score (nSPS) is 13.0. The van der Waals surface area contributed by atoms with E-state index in [2.05, 4.69) is 29.0 Å². The molecule has 0 fully saturated rings. The van der Waals surface area contributed by atoms with Crippen LogP contribution in [0.4, 0.5) is 13.2 Å². The van der Waals surface area contributed by atoms with Crippen LogP contribution < -0.4 is 0 Å². The highest BCUT2D eigenvalue weighted by Gasteiger charge is 2.38. The lowest BCUT2D eigenvalue weighted by atomic mass is 10.1. The van der Waals surface area contributed by atoms with Crippen LogP contribution in [0.25, 0.3) is 0 Å². The van der Waals surface area contributed by atoms with Crippen LogP contribution in [0.1, 0.15) is 56.6 Å². The first-order chi connectivity index (χ1) is 12.2. The van der Waals surface area contributed by atoms with Gasteiger partial charge in [-0.2, -0.15) is 34.2 Å². The summed E-state index contributed by atoms with van der Waals surface area (Å²) < 4.78 is 67.3. The van der Waals surface area contributed by atoms with Gasteiger partial charge in [0.2, 0.25) is 0 Å². The monoisotopic (exact) mass is 411 g/mol. The predicted molar refractivity (Wildman–Crippen MR) is 100.0 cm³/mol. The molecule has 9 heteroatoms. The first kappa shape index (κ1) is 22.8. The maximum absolute atomic E-state index is 13.2. The highest BCUT2D eigenvalue weighted by Crippen LogP contribution is 2.24. The summed E-state index contributed by atoms with van der Waals surface area (Å²) in [5, 5.41) is 2.91. The Labute approximate surface area is 158 Å². The number of alkyl halides is 3. The van der Waals surface area contributed by atoms with Crippen molar-refractivity contribution in [1.29, 1.82) is 0 Å². The number of oxime groups is 1. The van der Waals surface area contributed by atoms with Crippen molar-refractivity contribution in [2.75, 3.05) is 5.75 Å². The molecule has 148 valence electrons. The van der Waals surface area contributed by atoms with Gasteiger partial charge in [-0.25, -0.2) is 0 Å². The first-order valence-electron chi connectivity index (χ1n) is 8.46. The fourth-order valence-corrected chi connectivity index (χ4v) is 3.26. The van der Waals surface area contributed by atoms with Crippen molar-refractivity contribution < 1.29 is 25.9 Å². The van der Waals surface area contributed by atoms with Crippen molar-refractivity contribution in [3.05, 3.63) is 35.4 Å². The van der Waals surface area contributed by atoms with Crippen LogP contribution in [-0.4, -0.2) is 26.1 Å². The fourth-order valence-electron chi connectivity index (χ4n) is 2.23. The minimum Gasteiger partial charge on any atom is -0.268 e. The van der Waals surface area contributed by atoms with E-state index >= 15 is 0 Å². The highest BCUT2D eigenvalue weighted by molar-refractivity contribution is 7.86. The van der Waals surface area contributed by atoms with Crippen LogP contribution >= 0.6 is 12.6 Å². The first-order valence-corrected chi connectivity index (χ1v) is 10.7. The Morgan fingerprint density at radius 2 is 1.65 bits per heavy atom. The van der Waals surface area contributed by atoms with E-state index < -0.39 is 22.0 Å². The zero-order valence-electron chi connectivity index (χ0n) is 14.6. The minimum absolute atomic E-state index is 0.266. The van der Waals surface area contributed by atoms with Crippen LogP contribution in [0.3, 0.4) is 0 Å². The molecular weight excluding hydrogens is 387 g/mol. The number of halogens is 3. The number of rotatable bonds is 11. The molecule has 26 heavy (non-hydrogen) atoms. The quantitative estimate of drug-likeness (QED) is 0.239. The molecule has 0 unspecified atom stereocenters. The number of thiol groups is 1. The molecule has 0 bridgehead atoms. The van der Waals surface area contributed by atoms with Gasteiger partial charge in [0, 0.05) is 11.3 Å². The molecule has 0 aromatic heterocycles. The Hall–Kier alpha value is -1.22. The van der Waals surface area contributed by atoms with Gasteiger partial charge >= 0.3 is 16.3 Å². The number of benzene rings is 1. The Kier molecular flexibility index (Phi) is 9.49. The van der Waals surface area contributed by atoms with Gasteiger partial charge in [0.05, 0.1) is 5.75 Å². The standard InChI is InChI=1S/C17H24F3NO3S2/c1-2-3-4-5-6-7-12-26(22,23)24-21-16(17(18,19)20)15-10-8-14(13-25)9-11-15/h8-11,25H,2-7,12-13H2,1H3/b21-16-. The van der Waals surface area contributed by atoms with E-state index in [-0.39, 0.29) is 11.3 Å². The van der Waals surface area contributed by atoms with Crippen molar-refractivity contribution >= 4 is 28.5 Å². The Bertz CT molecular complexity index is 671. The van der Waals surface area contributed by atoms with Crippen molar-refractivity contribution in [2.24, 2.45) is 5.16 Å². The van der Waals surface area contributed by atoms with Crippen LogP contribution in [0.5, 0.6) is 0 Å². The topological polar surface area (TPSA) is 55.7 Å². The Morgan fingerprint density at radius 3 is 2.19 bits per heavy atom. The van der Waals surface area contributed by atoms with Crippen LogP contribution in [0, 0.1) is 0 Å². The number of nitrogens with zero attached hydrogens (tertiary/aromatic N) is 1. The Morgan fingerprint density at radius 1 is 1.08 bits per heavy atom. The molecule has 0 aliphatic rings. The maximum Gasteiger partial charge on any atom is 0.437 e. The molecule has 0 aliphatic heterocycles. The minimum atomic E-state index is -4.84. The van der Waals surface area contributed by atoms with Gasteiger partial charge in [-0.1, -0.05) is 68.4 Å². The van der Waals surface area contributed by atoms with Crippen LogP contribution in [0.15, 0.2) is 29.4 Å². The largest absolute Gasteiger partial charge is 0.437 e. The molecule has 0 amide bonds. The lowest BCUT2D eigenvalue weighted by molar-refractivity contribution is -0.0597. The molecule has 4 nitrogen and oxygen atoms in total. The van der Waals surface area contributed by atoms with Gasteiger partial charge in [-0.3, -0.25) is 4.28 Å². The predicted octanol–water partition coefficient (Wildman–Crippen LogP) is 5.09. The summed E-state index contributed by atoms with van der Waals surface area (Å²) in [4.78, 5) is 0. The molecule has 0 aliphatic carbocycles. The fraction of sp³-hybridized carbons (Fsp3) is 0.588. The second kappa shape index (κ2) is 10.8. The summed E-state index contributed by atoms with van der Waals surface area (Å²) in [6.45, 7) is 2.07. The van der Waals surface area contributed by atoms with Gasteiger partial charge in [-0.05, 0) is 12.0 Å². The van der Waals surface area contributed by atoms with Gasteiger partial charge in [0.1, 0.15) is 0 Å². The molecule has 0 radical (unpaired) electrons. The van der Waals surface area contributed by atoms with Crippen molar-refractivity contribution in [1.82, 2.24) is 0 Å². The third-order valence-electron chi connectivity index (χ3n) is 3.67. The zero-order chi connectivity index (χ0) is 19.6. The summed E-state index contributed by atoms with van der Waals surface area (Å²) in [5.74, 6) is 0.0221. The van der Waals surface area contributed by atoms with Gasteiger partial charge < -0.3 is 0 Å². The molecule has 0 N–H and O–H groups in total. The summed E-state index contributed by atoms with van der Waals surface area (Å²) in [7, 11) is -4.15. The smallest absolute Gasteiger partial charge is 0.268 e. The molecule has 1 aromatic carbocycles. The highest BCUT2D eigenvalue weighted by atomic mass is 32.2. The second-order valence-electron chi connectivity index (χ2n) is 5.90. The summed E-state index contributed by atoms with van der Waals surface area (Å²) in [6, 6.07) is 5.35. The third kappa shape index (κ3) is 8.44. The van der Waals surface area contributed by atoms with Crippen LogP contribution in [-0.2, 0) is 20.2 Å². The van der Waals surface area contributed by atoms with Crippen molar-refractivity contribution in [3.8, 4) is 0 Å². The molecule has 1 aromatic rings. The second-order valence-corrected chi connectivity index (χ2v) is 7.89. The third-order valence-corrected chi connectivity index (χ3v) is 5.12. The molecule has 1 rings (SSSR count). The molecule has 0 spiro atoms. The van der Waals surface area contributed by atoms with Gasteiger partial charge in [0.15, 0.2) is 5.71 Å². The van der Waals surface area contributed by atoms with E-state index in [1.807, 2.05) is 0 Å². The SMILES string of the molecule is CCCCCCCCS(=O)(=O)O/N=C(/c1ccc(CS)cc1)C(F)(F)F. The molecule has 0 saturated heterocycles. The van der Waals surface area contributed by atoms with Gasteiger partial charge in [0.25, 0.3) is 0 Å². The molecule has 0 saturated carbocycles. The van der Waals surface area contributed by atoms with Crippen molar-refractivity contribution in [3.63, 3.8) is 0 Å². The lowest BCUT2D eigenvalue weighted by Gasteiger charge is -2.11. The number of hydrogen-bond acceptors (Lipinski definition) is 5. The average molecular weight is 412 g/mol. The Balaban J connectivity index is 2.74. The van der Waals surface area contributed by atoms with Crippen LogP contribution in [0.2, 0.25) is 0 Å². The number of hydrogen-bond donors (Lipinski definition) is 1. The molecule has 0 atom stereocenters. The van der Waals surface area contributed by atoms with E-state index in [0.29, 0.717) is 18.6 Å². The molecule has 0 heterocycles. The molecular formula is C17H24F3NO3S2. The van der Waals surface area contributed by atoms with E-state index in [1.54, 1.807) is 0 Å². The summed E-state index contributed by atoms with van der Waals surface area (Å²) in [6.07, 6.45) is 0.231. The van der Waals surface area contributed by atoms with E-state index in [9.17, 15) is 21.6 Å². The zero-order valence-corrected chi connectivity index (χ0v) is 16.3. The van der Waals surface area contributed by atoms with Gasteiger partial charge in [-0.15, -0.1) is 0 Å². The van der Waals surface area contributed by atoms with Crippen molar-refractivity contribution in [2.45, 2.75) is 57.4 Å². The summed E-state index contributed by atoms with van der Waals surface area (Å²) >= 11 is 4.03. The van der Waals surface area contributed by atoms with E-state index in [4.69, 9.17) is 0 Å². The lowest BCUT2D eigenvalue weighted by Crippen LogP contribution is -2.25. The average Bonchev–Trinajstić information content (AvgIpc) is 2.57.